The molecule has 3 aromatic rings. The van der Waals surface area contributed by atoms with Gasteiger partial charge in [-0.1, -0.05) is 6.92 Å². The molecule has 0 spiro atoms. The van der Waals surface area contributed by atoms with Crippen LogP contribution in [-0.4, -0.2) is 21.1 Å². The minimum Gasteiger partial charge on any atom is -0.468 e. The van der Waals surface area contributed by atoms with Gasteiger partial charge in [-0.2, -0.15) is 0 Å². The third-order valence-electron chi connectivity index (χ3n) is 4.82. The van der Waals surface area contributed by atoms with Gasteiger partial charge in [-0.3, -0.25) is 19.2 Å². The van der Waals surface area contributed by atoms with Crippen LogP contribution in [0.25, 0.3) is 0 Å². The Bertz CT molecular complexity index is 996. The number of hydrogen-bond acceptors (Lipinski definition) is 5. The highest BCUT2D eigenvalue weighted by Gasteiger charge is 2.28. The summed E-state index contributed by atoms with van der Waals surface area (Å²) in [5, 5.41) is 0. The number of hydrogen-bond donors (Lipinski definition) is 0. The summed E-state index contributed by atoms with van der Waals surface area (Å²) in [6.07, 6.45) is 2.27. The molecule has 3 heterocycles. The van der Waals surface area contributed by atoms with Crippen LogP contribution in [0.3, 0.4) is 0 Å². The summed E-state index contributed by atoms with van der Waals surface area (Å²) in [6.45, 7) is 5.32. The van der Waals surface area contributed by atoms with Crippen molar-refractivity contribution in [1.82, 2.24) is 14.5 Å². The largest absolute Gasteiger partial charge is 0.468 e. The van der Waals surface area contributed by atoms with Gasteiger partial charge in [-0.15, -0.1) is 0 Å². The highest BCUT2D eigenvalue weighted by molar-refractivity contribution is 5.58. The fourth-order valence-corrected chi connectivity index (χ4v) is 3.48. The van der Waals surface area contributed by atoms with E-state index in [1.54, 1.807) is 23.0 Å². The first kappa shape index (κ1) is 17.5. The molecule has 2 aromatic heterocycles. The minimum absolute atomic E-state index is 0.0312. The highest BCUT2D eigenvalue weighted by atomic mass is 19.1. The van der Waals surface area contributed by atoms with Gasteiger partial charge in [0.25, 0.3) is 5.56 Å². The fourth-order valence-electron chi connectivity index (χ4n) is 3.48. The van der Waals surface area contributed by atoms with Crippen molar-refractivity contribution in [2.45, 2.75) is 33.5 Å². The van der Waals surface area contributed by atoms with Crippen LogP contribution in [-0.2, 0) is 19.6 Å². The van der Waals surface area contributed by atoms with Crippen LogP contribution in [0.15, 0.2) is 51.9 Å². The Balaban J connectivity index is 1.80. The van der Waals surface area contributed by atoms with E-state index in [9.17, 15) is 9.18 Å². The zero-order chi connectivity index (χ0) is 19.0. The number of nitrogens with zero attached hydrogens (tertiary/aromatic N) is 4. The first-order valence-corrected chi connectivity index (χ1v) is 8.95. The van der Waals surface area contributed by atoms with E-state index in [2.05, 4.69) is 4.90 Å². The molecule has 7 heteroatoms. The average Bonchev–Trinajstić information content (AvgIpc) is 3.16. The average molecular weight is 368 g/mol. The maximum absolute atomic E-state index is 13.4. The van der Waals surface area contributed by atoms with Crippen LogP contribution in [0.5, 0.6) is 0 Å². The van der Waals surface area contributed by atoms with Crippen molar-refractivity contribution in [2.24, 2.45) is 0 Å². The Morgan fingerprint density at radius 2 is 1.96 bits per heavy atom. The smallest absolute Gasteiger partial charge is 0.259 e. The highest BCUT2D eigenvalue weighted by Crippen LogP contribution is 2.28. The molecule has 27 heavy (non-hydrogen) atoms. The zero-order valence-electron chi connectivity index (χ0n) is 15.4. The predicted octanol–water partition coefficient (Wildman–Crippen LogP) is 3.42. The Morgan fingerprint density at radius 3 is 2.63 bits per heavy atom. The first-order chi connectivity index (χ1) is 13.1. The molecule has 0 aliphatic carbocycles. The molecule has 0 atom stereocenters. The third-order valence-corrected chi connectivity index (χ3v) is 4.82. The predicted molar refractivity (Wildman–Crippen MR) is 100 cm³/mol. The second-order valence-corrected chi connectivity index (χ2v) is 6.66. The van der Waals surface area contributed by atoms with E-state index in [1.165, 1.54) is 12.1 Å². The van der Waals surface area contributed by atoms with Crippen LogP contribution < -0.4 is 10.5 Å². The van der Waals surface area contributed by atoms with E-state index in [-0.39, 0.29) is 11.4 Å². The third kappa shape index (κ3) is 3.26. The normalized spacial score (nSPS) is 14.4. The van der Waals surface area contributed by atoms with Gasteiger partial charge in [-0.25, -0.2) is 9.37 Å². The van der Waals surface area contributed by atoms with Crippen LogP contribution >= 0.6 is 0 Å². The van der Waals surface area contributed by atoms with Crippen molar-refractivity contribution < 1.29 is 8.81 Å². The maximum atomic E-state index is 13.4. The number of halogens is 1. The Kier molecular flexibility index (Phi) is 4.53. The van der Waals surface area contributed by atoms with Crippen LogP contribution in [0.1, 0.15) is 23.9 Å². The fraction of sp³-hybridized carbons (Fsp3) is 0.300. The molecule has 0 amide bonds. The number of rotatable bonds is 4. The van der Waals surface area contributed by atoms with E-state index in [4.69, 9.17) is 9.40 Å². The summed E-state index contributed by atoms with van der Waals surface area (Å²) in [6, 6.07) is 9.98. The molecule has 0 radical (unpaired) electrons. The molecular weight excluding hydrogens is 347 g/mol. The lowest BCUT2D eigenvalue weighted by atomic mass is 10.2. The van der Waals surface area contributed by atoms with Gasteiger partial charge in [0, 0.05) is 16.9 Å². The lowest BCUT2D eigenvalue weighted by molar-refractivity contribution is 0.176. The van der Waals surface area contributed by atoms with E-state index in [0.717, 1.165) is 22.7 Å². The Morgan fingerprint density at radius 1 is 1.19 bits per heavy atom. The summed E-state index contributed by atoms with van der Waals surface area (Å²) in [5.74, 6) is 1.10. The number of anilines is 2. The molecular formula is C20H21FN4O2. The van der Waals surface area contributed by atoms with Crippen LogP contribution in [0, 0.1) is 12.7 Å². The van der Waals surface area contributed by atoms with Crippen molar-refractivity contribution in [3.8, 4) is 0 Å². The van der Waals surface area contributed by atoms with Crippen LogP contribution in [0.4, 0.5) is 16.0 Å². The first-order valence-electron chi connectivity index (χ1n) is 8.95. The van der Waals surface area contributed by atoms with E-state index in [0.29, 0.717) is 32.3 Å². The summed E-state index contributed by atoms with van der Waals surface area (Å²) in [7, 11) is 0. The lowest BCUT2D eigenvalue weighted by Gasteiger charge is -2.38. The van der Waals surface area contributed by atoms with Crippen molar-refractivity contribution in [1.29, 1.82) is 0 Å². The molecule has 6 nitrogen and oxygen atoms in total. The minimum atomic E-state index is -0.300. The second-order valence-electron chi connectivity index (χ2n) is 6.66. The monoisotopic (exact) mass is 368 g/mol. The molecule has 0 saturated carbocycles. The second kappa shape index (κ2) is 7.00. The van der Waals surface area contributed by atoms with Gasteiger partial charge in [0.05, 0.1) is 26.1 Å². The molecule has 0 unspecified atom stereocenters. The Hall–Kier alpha value is -2.93. The van der Waals surface area contributed by atoms with Gasteiger partial charge in [-0.05, 0) is 49.7 Å². The molecule has 1 aliphatic rings. The van der Waals surface area contributed by atoms with Gasteiger partial charge in [0.1, 0.15) is 11.6 Å². The standard InChI is InChI=1S/C20H21FN4O2/c1-3-18-14(2)22-20-24(16-8-6-15(21)7-9-16)12-23(13-25(20)19(18)26)11-17-5-4-10-27-17/h4-10H,3,11-13H2,1-2H3. The van der Waals surface area contributed by atoms with Gasteiger partial charge < -0.3 is 4.42 Å². The van der Waals surface area contributed by atoms with E-state index in [1.807, 2.05) is 30.9 Å². The van der Waals surface area contributed by atoms with Crippen molar-refractivity contribution >= 4 is 11.6 Å². The summed E-state index contributed by atoms with van der Waals surface area (Å²) < 4.78 is 20.5. The maximum Gasteiger partial charge on any atom is 0.259 e. The molecule has 0 N–H and O–H groups in total. The topological polar surface area (TPSA) is 54.5 Å². The summed E-state index contributed by atoms with van der Waals surface area (Å²) in [5.41, 5.74) is 2.21. The van der Waals surface area contributed by atoms with E-state index < -0.39 is 0 Å². The summed E-state index contributed by atoms with van der Waals surface area (Å²) in [4.78, 5) is 21.8. The number of benzene rings is 1. The number of fused-ring (bicyclic) bond motifs is 1. The molecule has 0 bridgehead atoms. The van der Waals surface area contributed by atoms with Gasteiger partial charge >= 0.3 is 0 Å². The van der Waals surface area contributed by atoms with Gasteiger partial charge in [0.15, 0.2) is 0 Å². The van der Waals surface area contributed by atoms with E-state index >= 15 is 0 Å². The molecule has 0 saturated heterocycles. The van der Waals surface area contributed by atoms with Crippen molar-refractivity contribution in [2.75, 3.05) is 11.6 Å². The zero-order valence-corrected chi connectivity index (χ0v) is 15.4. The molecule has 140 valence electrons. The SMILES string of the molecule is CCc1c(C)nc2n(c1=O)CN(Cc1ccco1)CN2c1ccc(F)cc1. The van der Waals surface area contributed by atoms with Crippen molar-refractivity contribution in [3.05, 3.63) is 75.9 Å². The lowest BCUT2D eigenvalue weighted by Crippen LogP contribution is -2.47. The number of furan rings is 1. The van der Waals surface area contributed by atoms with Crippen LogP contribution in [0.2, 0.25) is 0 Å². The molecule has 4 rings (SSSR count). The quantitative estimate of drug-likeness (QED) is 0.706. The molecule has 0 fully saturated rings. The molecule has 1 aliphatic heterocycles. The number of aromatic nitrogens is 2. The Labute approximate surface area is 156 Å². The van der Waals surface area contributed by atoms with Gasteiger partial charge in [0.2, 0.25) is 5.95 Å². The molecule has 1 aromatic carbocycles. The summed E-state index contributed by atoms with van der Waals surface area (Å²) >= 11 is 0. The van der Waals surface area contributed by atoms with Crippen molar-refractivity contribution in [3.63, 3.8) is 0 Å². The number of aryl methyl sites for hydroxylation is 1.